The van der Waals surface area contributed by atoms with Gasteiger partial charge in [-0.2, -0.15) is 0 Å². The second-order valence-electron chi connectivity index (χ2n) is 8.89. The predicted octanol–water partition coefficient (Wildman–Crippen LogP) is 4.60. The predicted molar refractivity (Wildman–Crippen MR) is 139 cm³/mol. The van der Waals surface area contributed by atoms with Crippen molar-refractivity contribution in [3.63, 3.8) is 0 Å². The molecule has 0 radical (unpaired) electrons. The van der Waals surface area contributed by atoms with Crippen LogP contribution >= 0.6 is 0 Å². The van der Waals surface area contributed by atoms with Crippen LogP contribution in [0.4, 0.5) is 17.1 Å². The number of hydrogen-bond acceptors (Lipinski definition) is 5. The molecular formula is C28H29N3O5. The number of ether oxygens (including phenoxy) is 1. The average molecular weight is 488 g/mol. The van der Waals surface area contributed by atoms with Crippen LogP contribution in [0.25, 0.3) is 0 Å². The number of anilines is 3. The molecule has 186 valence electrons. The van der Waals surface area contributed by atoms with Gasteiger partial charge in [0.05, 0.1) is 31.6 Å². The first-order valence-corrected chi connectivity index (χ1v) is 11.8. The van der Waals surface area contributed by atoms with Gasteiger partial charge < -0.3 is 25.8 Å². The van der Waals surface area contributed by atoms with Gasteiger partial charge >= 0.3 is 5.97 Å². The molecule has 0 spiro atoms. The fourth-order valence-corrected chi connectivity index (χ4v) is 4.38. The first-order valence-electron chi connectivity index (χ1n) is 11.8. The number of benzene rings is 3. The molecule has 1 aliphatic heterocycles. The summed E-state index contributed by atoms with van der Waals surface area (Å²) < 4.78 is 5.48. The lowest BCUT2D eigenvalue weighted by molar-refractivity contribution is -0.137. The van der Waals surface area contributed by atoms with E-state index in [1.807, 2.05) is 37.3 Å². The van der Waals surface area contributed by atoms with E-state index in [1.54, 1.807) is 36.4 Å². The fraction of sp³-hybridized carbons (Fsp3) is 0.250. The van der Waals surface area contributed by atoms with Gasteiger partial charge in [-0.3, -0.25) is 14.4 Å². The van der Waals surface area contributed by atoms with E-state index >= 15 is 0 Å². The van der Waals surface area contributed by atoms with Crippen molar-refractivity contribution >= 4 is 34.8 Å². The van der Waals surface area contributed by atoms with E-state index in [0.29, 0.717) is 23.7 Å². The van der Waals surface area contributed by atoms with Crippen molar-refractivity contribution in [2.45, 2.75) is 31.6 Å². The number of carbonyl (C=O) groups excluding carboxylic acids is 2. The van der Waals surface area contributed by atoms with Crippen LogP contribution in [0.15, 0.2) is 66.7 Å². The second-order valence-corrected chi connectivity index (χ2v) is 8.89. The summed E-state index contributed by atoms with van der Waals surface area (Å²) in [5.74, 6) is -1.21. The summed E-state index contributed by atoms with van der Waals surface area (Å²) in [5.41, 5.74) is 4.64. The van der Waals surface area contributed by atoms with Crippen molar-refractivity contribution in [1.82, 2.24) is 0 Å². The third-order valence-corrected chi connectivity index (χ3v) is 6.26. The molecule has 1 heterocycles. The number of para-hydroxylation sites is 1. The largest absolute Gasteiger partial charge is 0.495 e. The normalized spacial score (nSPS) is 14.8. The average Bonchev–Trinajstić information content (AvgIpc) is 3.29. The van der Waals surface area contributed by atoms with Crippen molar-refractivity contribution in [3.05, 3.63) is 83.4 Å². The van der Waals surface area contributed by atoms with Gasteiger partial charge in [0.1, 0.15) is 5.75 Å². The maximum atomic E-state index is 12.9. The van der Waals surface area contributed by atoms with Gasteiger partial charge in [-0.1, -0.05) is 43.3 Å². The first-order chi connectivity index (χ1) is 17.3. The molecule has 0 saturated heterocycles. The molecule has 0 bridgehead atoms. The van der Waals surface area contributed by atoms with E-state index < -0.39 is 5.97 Å². The molecule has 8 nitrogen and oxygen atoms in total. The third-order valence-electron chi connectivity index (χ3n) is 6.26. The molecule has 2 amide bonds. The van der Waals surface area contributed by atoms with Crippen LogP contribution in [-0.2, 0) is 20.8 Å². The van der Waals surface area contributed by atoms with E-state index in [9.17, 15) is 14.4 Å². The van der Waals surface area contributed by atoms with Crippen LogP contribution in [0.3, 0.4) is 0 Å². The summed E-state index contributed by atoms with van der Waals surface area (Å²) in [6.45, 7) is 2.37. The molecule has 2 unspecified atom stereocenters. The van der Waals surface area contributed by atoms with E-state index in [-0.39, 0.29) is 36.5 Å². The van der Waals surface area contributed by atoms with E-state index in [1.165, 1.54) is 7.11 Å². The number of methoxy groups -OCH3 is 1. The molecule has 3 aromatic rings. The van der Waals surface area contributed by atoms with Crippen molar-refractivity contribution in [2.75, 3.05) is 29.6 Å². The number of carbonyl (C=O) groups is 3. The topological polar surface area (TPSA) is 117 Å². The molecule has 8 heteroatoms. The Morgan fingerprint density at radius 2 is 1.86 bits per heavy atom. The van der Waals surface area contributed by atoms with Crippen LogP contribution in [0.5, 0.6) is 5.75 Å². The van der Waals surface area contributed by atoms with Gasteiger partial charge in [0.25, 0.3) is 0 Å². The van der Waals surface area contributed by atoms with Crippen molar-refractivity contribution < 1.29 is 24.2 Å². The zero-order valence-corrected chi connectivity index (χ0v) is 20.2. The van der Waals surface area contributed by atoms with Crippen LogP contribution in [0.1, 0.15) is 41.9 Å². The Morgan fingerprint density at radius 1 is 1.06 bits per heavy atom. The number of carboxylic acids is 1. The van der Waals surface area contributed by atoms with Crippen molar-refractivity contribution in [3.8, 4) is 5.75 Å². The third kappa shape index (κ3) is 5.83. The van der Waals surface area contributed by atoms with Crippen LogP contribution in [0.2, 0.25) is 0 Å². The van der Waals surface area contributed by atoms with Crippen LogP contribution in [-0.4, -0.2) is 36.5 Å². The first kappa shape index (κ1) is 24.8. The smallest absolute Gasteiger partial charge is 0.303 e. The van der Waals surface area contributed by atoms with E-state index in [0.717, 1.165) is 22.4 Å². The number of nitrogens with one attached hydrogen (secondary N) is 3. The van der Waals surface area contributed by atoms with Gasteiger partial charge in [-0.05, 0) is 52.9 Å². The zero-order chi connectivity index (χ0) is 25.7. The molecule has 1 aliphatic rings. The number of hydrogen-bond donors (Lipinski definition) is 4. The molecular weight excluding hydrogens is 458 g/mol. The number of carboxylic acid groups (broad SMARTS) is 1. The van der Waals surface area contributed by atoms with Gasteiger partial charge in [-0.25, -0.2) is 0 Å². The highest BCUT2D eigenvalue weighted by molar-refractivity contribution is 5.99. The molecule has 0 aliphatic carbocycles. The van der Waals surface area contributed by atoms with E-state index in [2.05, 4.69) is 16.0 Å². The molecule has 4 rings (SSSR count). The van der Waals surface area contributed by atoms with Crippen LogP contribution < -0.4 is 20.7 Å². The molecule has 2 atom stereocenters. The molecule has 0 fully saturated rings. The minimum absolute atomic E-state index is 0.0177. The summed E-state index contributed by atoms with van der Waals surface area (Å²) in [6, 6.07) is 20.2. The second kappa shape index (κ2) is 10.9. The minimum Gasteiger partial charge on any atom is -0.495 e. The SMILES string of the molecule is COc1cc(CC(=O)Nc2cccc(C(C)CC(=O)O)c2)ccc1NC(=O)C1CNc2ccccc21. The monoisotopic (exact) mass is 487 g/mol. The van der Waals surface area contributed by atoms with Gasteiger partial charge in [0.2, 0.25) is 11.8 Å². The highest BCUT2D eigenvalue weighted by Gasteiger charge is 2.28. The van der Waals surface area contributed by atoms with E-state index in [4.69, 9.17) is 9.84 Å². The zero-order valence-electron chi connectivity index (χ0n) is 20.2. The Morgan fingerprint density at radius 3 is 2.64 bits per heavy atom. The van der Waals surface area contributed by atoms with Crippen molar-refractivity contribution in [1.29, 1.82) is 0 Å². The molecule has 0 saturated carbocycles. The summed E-state index contributed by atoms with van der Waals surface area (Å²) in [5, 5.41) is 18.1. The lowest BCUT2D eigenvalue weighted by Crippen LogP contribution is -2.23. The maximum Gasteiger partial charge on any atom is 0.303 e. The number of fused-ring (bicyclic) bond motifs is 1. The Hall–Kier alpha value is -4.33. The van der Waals surface area contributed by atoms with Gasteiger partial charge in [0, 0.05) is 17.9 Å². The summed E-state index contributed by atoms with van der Waals surface area (Å²) >= 11 is 0. The molecule has 36 heavy (non-hydrogen) atoms. The van der Waals surface area contributed by atoms with Gasteiger partial charge in [-0.15, -0.1) is 0 Å². The lowest BCUT2D eigenvalue weighted by atomic mass is 9.97. The Kier molecular flexibility index (Phi) is 7.53. The Bertz CT molecular complexity index is 1290. The quantitative estimate of drug-likeness (QED) is 0.350. The number of amides is 2. The summed E-state index contributed by atoms with van der Waals surface area (Å²) in [7, 11) is 1.52. The minimum atomic E-state index is -0.866. The molecule has 4 N–H and O–H groups in total. The van der Waals surface area contributed by atoms with Crippen molar-refractivity contribution in [2.24, 2.45) is 0 Å². The maximum absolute atomic E-state index is 12.9. The summed E-state index contributed by atoms with van der Waals surface area (Å²) in [6.07, 6.45) is 0.128. The number of aliphatic carboxylic acids is 1. The Labute approximate surface area is 209 Å². The molecule has 3 aromatic carbocycles. The number of rotatable bonds is 9. The lowest BCUT2D eigenvalue weighted by Gasteiger charge is -2.15. The Balaban J connectivity index is 1.40. The highest BCUT2D eigenvalue weighted by atomic mass is 16.5. The van der Waals surface area contributed by atoms with Gasteiger partial charge in [0.15, 0.2) is 0 Å². The summed E-state index contributed by atoms with van der Waals surface area (Å²) in [4.78, 5) is 36.6. The fourth-order valence-electron chi connectivity index (χ4n) is 4.38. The highest BCUT2D eigenvalue weighted by Crippen LogP contribution is 2.33. The van der Waals surface area contributed by atoms with Crippen LogP contribution in [0, 0.1) is 0 Å². The molecule has 0 aromatic heterocycles. The standard InChI is InChI=1S/C28H29N3O5/c1-17(12-27(33)34)19-6-5-7-20(15-19)30-26(32)14-18-10-11-24(25(13-18)36-2)31-28(35)22-16-29-23-9-4-3-8-21(22)23/h3-11,13,15,17,22,29H,12,14,16H2,1-2H3,(H,30,32)(H,31,35)(H,33,34).